The Morgan fingerprint density at radius 3 is 2.60 bits per heavy atom. The highest BCUT2D eigenvalue weighted by Crippen LogP contribution is 2.19. The summed E-state index contributed by atoms with van der Waals surface area (Å²) in [5, 5.41) is 5.84. The van der Waals surface area contributed by atoms with Gasteiger partial charge in [0.2, 0.25) is 0 Å². The van der Waals surface area contributed by atoms with Gasteiger partial charge in [0.25, 0.3) is 0 Å². The first-order valence-corrected chi connectivity index (χ1v) is 6.39. The summed E-state index contributed by atoms with van der Waals surface area (Å²) in [7, 11) is 0. The third-order valence-electron chi connectivity index (χ3n) is 1.68. The fourth-order valence-electron chi connectivity index (χ4n) is 0.987. The van der Waals surface area contributed by atoms with Crippen molar-refractivity contribution in [2.45, 2.75) is 4.90 Å². The Hall–Kier alpha value is -0.880. The molecule has 0 nitrogen and oxygen atoms in total. The van der Waals surface area contributed by atoms with Gasteiger partial charge < -0.3 is 0 Å². The Bertz CT molecular complexity index is 475. The van der Waals surface area contributed by atoms with Crippen LogP contribution in [0.4, 0.5) is 0 Å². The van der Waals surface area contributed by atoms with Crippen LogP contribution in [0, 0.1) is 11.2 Å². The molecule has 0 saturated heterocycles. The molecule has 0 saturated carbocycles. The summed E-state index contributed by atoms with van der Waals surface area (Å²) in [6.45, 7) is 0. The van der Waals surface area contributed by atoms with Gasteiger partial charge in [-0.2, -0.15) is 0 Å². The van der Waals surface area contributed by atoms with Crippen LogP contribution in [0.1, 0.15) is 4.88 Å². The lowest BCUT2D eigenvalue weighted by Crippen LogP contribution is -1.67. The van der Waals surface area contributed by atoms with Gasteiger partial charge in [0, 0.05) is 9.92 Å². The van der Waals surface area contributed by atoms with Crippen molar-refractivity contribution in [3.8, 4) is 11.2 Å². The maximum atomic E-state index is 5.78. The Labute approximate surface area is 102 Å². The van der Waals surface area contributed by atoms with E-state index >= 15 is 0 Å². The lowest BCUT2D eigenvalue weighted by atomic mass is 10.4. The van der Waals surface area contributed by atoms with Crippen molar-refractivity contribution < 1.29 is 0 Å². The average Bonchev–Trinajstić information content (AvgIpc) is 2.74. The summed E-state index contributed by atoms with van der Waals surface area (Å²) in [5.74, 6) is 3.09. The first kappa shape index (κ1) is 10.6. The molecule has 0 aliphatic heterocycles. The topological polar surface area (TPSA) is 0 Å². The minimum Gasteiger partial charge on any atom is -0.135 e. The Balaban J connectivity index is 2.01. The standard InChI is InChI=1S/C12H7ClS2/c13-10-3-5-12(6-4-10)15-9-7-11-2-1-8-14-11/h1-6,8H. The summed E-state index contributed by atoms with van der Waals surface area (Å²) < 4.78 is 0. The molecule has 0 aliphatic carbocycles. The van der Waals surface area contributed by atoms with Gasteiger partial charge >= 0.3 is 0 Å². The highest BCUT2D eigenvalue weighted by Gasteiger charge is 1.90. The van der Waals surface area contributed by atoms with Gasteiger partial charge in [-0.3, -0.25) is 0 Å². The third kappa shape index (κ3) is 3.32. The number of halogens is 1. The monoisotopic (exact) mass is 250 g/mol. The average molecular weight is 251 g/mol. The second-order valence-corrected chi connectivity index (χ2v) is 5.02. The van der Waals surface area contributed by atoms with Crippen molar-refractivity contribution in [1.82, 2.24) is 0 Å². The first-order chi connectivity index (χ1) is 7.34. The molecule has 15 heavy (non-hydrogen) atoms. The van der Waals surface area contributed by atoms with Gasteiger partial charge in [-0.1, -0.05) is 17.7 Å². The van der Waals surface area contributed by atoms with E-state index in [1.54, 1.807) is 11.3 Å². The highest BCUT2D eigenvalue weighted by atomic mass is 35.5. The Kier molecular flexibility index (Phi) is 3.74. The molecule has 0 bridgehead atoms. The van der Waals surface area contributed by atoms with Crippen molar-refractivity contribution in [3.05, 3.63) is 51.7 Å². The lowest BCUT2D eigenvalue weighted by Gasteiger charge is -1.92. The van der Waals surface area contributed by atoms with Crippen LogP contribution in [0.2, 0.25) is 5.02 Å². The summed E-state index contributed by atoms with van der Waals surface area (Å²) in [6, 6.07) is 11.7. The van der Waals surface area contributed by atoms with E-state index in [2.05, 4.69) is 11.2 Å². The summed E-state index contributed by atoms with van der Waals surface area (Å²) >= 11 is 8.95. The molecule has 0 N–H and O–H groups in total. The van der Waals surface area contributed by atoms with Crippen LogP contribution >= 0.6 is 34.7 Å². The molecule has 1 aromatic carbocycles. The van der Waals surface area contributed by atoms with Crippen molar-refractivity contribution in [2.24, 2.45) is 0 Å². The number of thioether (sulfide) groups is 1. The summed E-state index contributed by atoms with van der Waals surface area (Å²) in [4.78, 5) is 2.21. The largest absolute Gasteiger partial charge is 0.135 e. The normalized spacial score (nSPS) is 9.40. The maximum absolute atomic E-state index is 5.78. The lowest BCUT2D eigenvalue weighted by molar-refractivity contribution is 1.47. The molecule has 0 radical (unpaired) electrons. The van der Waals surface area contributed by atoms with Crippen molar-refractivity contribution >= 4 is 34.7 Å². The predicted molar refractivity (Wildman–Crippen MR) is 68.5 cm³/mol. The van der Waals surface area contributed by atoms with Gasteiger partial charge in [0.1, 0.15) is 0 Å². The number of benzene rings is 1. The molecular formula is C12H7ClS2. The van der Waals surface area contributed by atoms with Crippen LogP contribution in [0.15, 0.2) is 46.7 Å². The van der Waals surface area contributed by atoms with E-state index in [1.165, 1.54) is 11.8 Å². The number of hydrogen-bond acceptors (Lipinski definition) is 2. The van der Waals surface area contributed by atoms with Gasteiger partial charge in [0.05, 0.1) is 4.88 Å². The SMILES string of the molecule is Clc1ccc(SC#Cc2cccs2)cc1. The van der Waals surface area contributed by atoms with Gasteiger partial charge in [-0.05, 0) is 58.6 Å². The molecule has 3 heteroatoms. The van der Waals surface area contributed by atoms with Crippen LogP contribution in [-0.2, 0) is 0 Å². The molecule has 0 unspecified atom stereocenters. The molecule has 2 aromatic rings. The highest BCUT2D eigenvalue weighted by molar-refractivity contribution is 8.04. The molecule has 0 spiro atoms. The van der Waals surface area contributed by atoms with Crippen molar-refractivity contribution in [1.29, 1.82) is 0 Å². The predicted octanol–water partition coefficient (Wildman–Crippen LogP) is 4.50. The maximum Gasteiger partial charge on any atom is 0.0777 e. The molecule has 0 aliphatic rings. The van der Waals surface area contributed by atoms with Crippen LogP contribution in [0.25, 0.3) is 0 Å². The van der Waals surface area contributed by atoms with E-state index in [-0.39, 0.29) is 0 Å². The third-order valence-corrected chi connectivity index (χ3v) is 3.43. The van der Waals surface area contributed by atoms with Crippen LogP contribution in [0.3, 0.4) is 0 Å². The van der Waals surface area contributed by atoms with Crippen molar-refractivity contribution in [2.75, 3.05) is 0 Å². The van der Waals surface area contributed by atoms with Crippen molar-refractivity contribution in [3.63, 3.8) is 0 Å². The molecule has 0 atom stereocenters. The van der Waals surface area contributed by atoms with Gasteiger partial charge in [-0.15, -0.1) is 11.3 Å². The van der Waals surface area contributed by atoms with Crippen LogP contribution in [0.5, 0.6) is 0 Å². The minimum atomic E-state index is 0.755. The molecule has 1 heterocycles. The van der Waals surface area contributed by atoms with Crippen LogP contribution in [-0.4, -0.2) is 0 Å². The van der Waals surface area contributed by atoms with E-state index in [9.17, 15) is 0 Å². The zero-order chi connectivity index (χ0) is 10.5. The van der Waals surface area contributed by atoms with Gasteiger partial charge in [-0.25, -0.2) is 0 Å². The molecular weight excluding hydrogens is 244 g/mol. The molecule has 0 amide bonds. The fourth-order valence-corrected chi connectivity index (χ4v) is 2.30. The minimum absolute atomic E-state index is 0.755. The summed E-state index contributed by atoms with van der Waals surface area (Å²) in [5.41, 5.74) is 0. The van der Waals surface area contributed by atoms with E-state index < -0.39 is 0 Å². The second-order valence-electron chi connectivity index (χ2n) is 2.76. The van der Waals surface area contributed by atoms with Gasteiger partial charge in [0.15, 0.2) is 0 Å². The number of thiophene rings is 1. The van der Waals surface area contributed by atoms with Crippen LogP contribution < -0.4 is 0 Å². The molecule has 2 rings (SSSR count). The molecule has 1 aromatic heterocycles. The Morgan fingerprint density at radius 1 is 1.13 bits per heavy atom. The number of hydrogen-bond donors (Lipinski definition) is 0. The van der Waals surface area contributed by atoms with E-state index in [0.29, 0.717) is 0 Å². The smallest absolute Gasteiger partial charge is 0.0777 e. The van der Waals surface area contributed by atoms with E-state index in [0.717, 1.165) is 14.8 Å². The molecule has 74 valence electrons. The molecule has 0 fully saturated rings. The quantitative estimate of drug-likeness (QED) is 0.530. The Morgan fingerprint density at radius 2 is 1.93 bits per heavy atom. The van der Waals surface area contributed by atoms with E-state index in [4.69, 9.17) is 11.6 Å². The zero-order valence-corrected chi connectivity index (χ0v) is 10.1. The first-order valence-electron chi connectivity index (χ1n) is 4.31. The summed E-state index contributed by atoms with van der Waals surface area (Å²) in [6.07, 6.45) is 0. The second kappa shape index (κ2) is 5.27. The van der Waals surface area contributed by atoms with E-state index in [1.807, 2.05) is 41.8 Å². The fraction of sp³-hybridized carbons (Fsp3) is 0. The zero-order valence-electron chi connectivity index (χ0n) is 7.74. The number of rotatable bonds is 1.